The Hall–Kier alpha value is -3.31. The first kappa shape index (κ1) is 20.0. The molecule has 1 aliphatic heterocycles. The fourth-order valence-electron chi connectivity index (χ4n) is 3.63. The van der Waals surface area contributed by atoms with Crippen molar-refractivity contribution in [3.8, 4) is 0 Å². The van der Waals surface area contributed by atoms with Crippen molar-refractivity contribution in [2.75, 3.05) is 22.1 Å². The molecule has 3 aromatic rings. The molecule has 1 heterocycles. The summed E-state index contributed by atoms with van der Waals surface area (Å²) in [7, 11) is 0. The summed E-state index contributed by atoms with van der Waals surface area (Å²) >= 11 is 6.24. The van der Waals surface area contributed by atoms with Crippen LogP contribution in [0.5, 0.6) is 0 Å². The second-order valence-electron chi connectivity index (χ2n) is 7.32. The average Bonchev–Trinajstić information content (AvgIpc) is 2.75. The lowest BCUT2D eigenvalue weighted by Gasteiger charge is -2.30. The Labute approximate surface area is 180 Å². The fraction of sp³-hybridized carbons (Fsp3) is 0.167. The Kier molecular flexibility index (Phi) is 5.72. The molecule has 0 saturated carbocycles. The molecule has 3 aromatic carbocycles. The molecule has 0 bridgehead atoms. The van der Waals surface area contributed by atoms with Crippen molar-refractivity contribution in [3.63, 3.8) is 0 Å². The molecule has 6 heteroatoms. The lowest BCUT2D eigenvalue weighted by Crippen LogP contribution is -2.30. The summed E-state index contributed by atoms with van der Waals surface area (Å²) in [5, 5.41) is 5.84. The molecule has 0 spiro atoms. The van der Waals surface area contributed by atoms with Gasteiger partial charge in [0.2, 0.25) is 5.91 Å². The summed E-state index contributed by atoms with van der Waals surface area (Å²) < 4.78 is 0. The van der Waals surface area contributed by atoms with Crippen molar-refractivity contribution in [2.45, 2.75) is 19.9 Å². The summed E-state index contributed by atoms with van der Waals surface area (Å²) in [5.41, 5.74) is 5.48. The zero-order valence-electron chi connectivity index (χ0n) is 16.6. The minimum Gasteiger partial charge on any atom is -0.367 e. The van der Waals surface area contributed by atoms with Crippen LogP contribution in [0.1, 0.15) is 28.4 Å². The van der Waals surface area contributed by atoms with Crippen LogP contribution in [-0.4, -0.2) is 18.4 Å². The van der Waals surface area contributed by atoms with E-state index in [-0.39, 0.29) is 11.8 Å². The van der Waals surface area contributed by atoms with Gasteiger partial charge in [-0.3, -0.25) is 9.59 Å². The van der Waals surface area contributed by atoms with Gasteiger partial charge in [0, 0.05) is 37.0 Å². The van der Waals surface area contributed by atoms with Crippen molar-refractivity contribution >= 4 is 40.5 Å². The first-order valence-electron chi connectivity index (χ1n) is 9.80. The van der Waals surface area contributed by atoms with E-state index in [9.17, 15) is 9.59 Å². The van der Waals surface area contributed by atoms with Gasteiger partial charge in [-0.05, 0) is 60.0 Å². The molecule has 4 rings (SSSR count). The Morgan fingerprint density at radius 3 is 2.37 bits per heavy atom. The lowest BCUT2D eigenvalue weighted by atomic mass is 9.99. The van der Waals surface area contributed by atoms with Crippen molar-refractivity contribution in [2.24, 2.45) is 0 Å². The summed E-state index contributed by atoms with van der Waals surface area (Å²) in [6, 6.07) is 21.1. The summed E-state index contributed by atoms with van der Waals surface area (Å²) in [6.07, 6.45) is 1.02. The maximum Gasteiger partial charge on any atom is 0.255 e. The SMILES string of the molecule is CC(=O)Nc1ccc(NC(=O)c2ccc(N3CCc4ccccc4C3)cc2)c(Cl)c1. The van der Waals surface area contributed by atoms with Gasteiger partial charge >= 0.3 is 0 Å². The third kappa shape index (κ3) is 4.47. The van der Waals surface area contributed by atoms with E-state index in [2.05, 4.69) is 39.8 Å². The zero-order valence-corrected chi connectivity index (χ0v) is 17.4. The molecule has 152 valence electrons. The Morgan fingerprint density at radius 2 is 1.67 bits per heavy atom. The fourth-order valence-corrected chi connectivity index (χ4v) is 3.86. The number of benzene rings is 3. The van der Waals surface area contributed by atoms with Gasteiger partial charge in [0.1, 0.15) is 0 Å². The third-order valence-corrected chi connectivity index (χ3v) is 5.48. The van der Waals surface area contributed by atoms with Crippen LogP contribution in [0.3, 0.4) is 0 Å². The molecular weight excluding hydrogens is 398 g/mol. The molecule has 2 N–H and O–H groups in total. The van der Waals surface area contributed by atoms with Gasteiger partial charge in [-0.1, -0.05) is 35.9 Å². The second kappa shape index (κ2) is 8.59. The predicted octanol–water partition coefficient (Wildman–Crippen LogP) is 5.11. The maximum absolute atomic E-state index is 12.6. The molecule has 0 radical (unpaired) electrons. The molecule has 2 amide bonds. The van der Waals surface area contributed by atoms with E-state index >= 15 is 0 Å². The minimum atomic E-state index is -0.236. The molecule has 0 atom stereocenters. The van der Waals surface area contributed by atoms with Crippen LogP contribution in [0, 0.1) is 0 Å². The number of nitrogens with zero attached hydrogens (tertiary/aromatic N) is 1. The number of carbonyl (C=O) groups is 2. The summed E-state index contributed by atoms with van der Waals surface area (Å²) in [5.74, 6) is -0.417. The monoisotopic (exact) mass is 419 g/mol. The number of rotatable bonds is 4. The Balaban J connectivity index is 1.43. The molecule has 0 unspecified atom stereocenters. The van der Waals surface area contributed by atoms with E-state index in [1.807, 2.05) is 24.3 Å². The molecule has 1 aliphatic rings. The highest BCUT2D eigenvalue weighted by Crippen LogP contribution is 2.27. The zero-order chi connectivity index (χ0) is 21.1. The largest absolute Gasteiger partial charge is 0.367 e. The van der Waals surface area contributed by atoms with Crippen molar-refractivity contribution in [1.29, 1.82) is 0 Å². The first-order valence-corrected chi connectivity index (χ1v) is 10.2. The number of amides is 2. The normalized spacial score (nSPS) is 12.8. The summed E-state index contributed by atoms with van der Waals surface area (Å²) in [6.45, 7) is 3.26. The van der Waals surface area contributed by atoms with Crippen molar-refractivity contribution < 1.29 is 9.59 Å². The predicted molar refractivity (Wildman–Crippen MR) is 121 cm³/mol. The van der Waals surface area contributed by atoms with Gasteiger partial charge in [0.05, 0.1) is 10.7 Å². The van der Waals surface area contributed by atoms with E-state index in [4.69, 9.17) is 11.6 Å². The highest BCUT2D eigenvalue weighted by molar-refractivity contribution is 6.34. The minimum absolute atomic E-state index is 0.180. The van der Waals surface area contributed by atoms with Crippen LogP contribution in [-0.2, 0) is 17.8 Å². The van der Waals surface area contributed by atoms with Crippen molar-refractivity contribution in [3.05, 3.63) is 88.4 Å². The average molecular weight is 420 g/mol. The highest BCUT2D eigenvalue weighted by Gasteiger charge is 2.17. The number of carbonyl (C=O) groups excluding carboxylic acids is 2. The van der Waals surface area contributed by atoms with Crippen LogP contribution < -0.4 is 15.5 Å². The van der Waals surface area contributed by atoms with E-state index in [0.717, 1.165) is 25.2 Å². The van der Waals surface area contributed by atoms with Gasteiger partial charge in [0.25, 0.3) is 5.91 Å². The van der Waals surface area contributed by atoms with Crippen molar-refractivity contribution in [1.82, 2.24) is 0 Å². The molecular formula is C24H22ClN3O2. The lowest BCUT2D eigenvalue weighted by molar-refractivity contribution is -0.114. The van der Waals surface area contributed by atoms with E-state index < -0.39 is 0 Å². The number of nitrogens with one attached hydrogen (secondary N) is 2. The van der Waals surface area contributed by atoms with Gasteiger partial charge in [0.15, 0.2) is 0 Å². The molecule has 5 nitrogen and oxygen atoms in total. The second-order valence-corrected chi connectivity index (χ2v) is 7.72. The standard InChI is InChI=1S/C24H22ClN3O2/c1-16(29)26-20-8-11-23(22(25)14-20)27-24(30)18-6-9-21(10-7-18)28-13-12-17-4-2-3-5-19(17)15-28/h2-11,14H,12-13,15H2,1H3,(H,26,29)(H,27,30). The van der Waals surface area contributed by atoms with E-state index in [1.165, 1.54) is 18.1 Å². The van der Waals surface area contributed by atoms with Crippen LogP contribution in [0.15, 0.2) is 66.7 Å². The van der Waals surface area contributed by atoms with Crippen LogP contribution >= 0.6 is 11.6 Å². The molecule has 30 heavy (non-hydrogen) atoms. The van der Waals surface area contributed by atoms with Crippen LogP contribution in [0.4, 0.5) is 17.1 Å². The third-order valence-electron chi connectivity index (χ3n) is 5.16. The van der Waals surface area contributed by atoms with Gasteiger partial charge in [-0.25, -0.2) is 0 Å². The van der Waals surface area contributed by atoms with Crippen LogP contribution in [0.25, 0.3) is 0 Å². The van der Waals surface area contributed by atoms with E-state index in [0.29, 0.717) is 22.0 Å². The number of anilines is 3. The van der Waals surface area contributed by atoms with Crippen LogP contribution in [0.2, 0.25) is 5.02 Å². The van der Waals surface area contributed by atoms with Gasteiger partial charge < -0.3 is 15.5 Å². The number of fused-ring (bicyclic) bond motifs is 1. The quantitative estimate of drug-likeness (QED) is 0.617. The number of halogens is 1. The van der Waals surface area contributed by atoms with Gasteiger partial charge in [-0.15, -0.1) is 0 Å². The molecule has 0 aromatic heterocycles. The highest BCUT2D eigenvalue weighted by atomic mass is 35.5. The molecule has 0 fully saturated rings. The Bertz CT molecular complexity index is 1100. The number of hydrogen-bond acceptors (Lipinski definition) is 3. The van der Waals surface area contributed by atoms with Gasteiger partial charge in [-0.2, -0.15) is 0 Å². The maximum atomic E-state index is 12.6. The molecule has 0 saturated heterocycles. The first-order chi connectivity index (χ1) is 14.5. The molecule has 0 aliphatic carbocycles. The topological polar surface area (TPSA) is 61.4 Å². The number of hydrogen-bond donors (Lipinski definition) is 2. The Morgan fingerprint density at radius 1 is 0.933 bits per heavy atom. The van der Waals surface area contributed by atoms with E-state index in [1.54, 1.807) is 18.2 Å². The summed E-state index contributed by atoms with van der Waals surface area (Å²) in [4.78, 5) is 26.1. The smallest absolute Gasteiger partial charge is 0.255 e.